The van der Waals surface area contributed by atoms with E-state index in [1.807, 2.05) is 25.1 Å². The number of anilines is 4. The standard InChI is InChI=1S/C29H27ClN6O3/c1-16-13-24(25(37)14-21(16)17-7-9-18(10-8-17)27(38)31-2)35-29-32-15-22(30)26(36-29)34-23-6-4-3-5-20(23)28(39)33-19-11-12-19/h3-10,13-15,19,37H,11-12H2,1-2H3,(H,31,38)(H,33,39)(H2,32,34,35,36). The van der Waals surface area contributed by atoms with Gasteiger partial charge in [0.05, 0.1) is 23.1 Å². The number of halogens is 1. The van der Waals surface area contributed by atoms with Gasteiger partial charge in [-0.15, -0.1) is 0 Å². The summed E-state index contributed by atoms with van der Waals surface area (Å²) in [6, 6.07) is 18.0. The van der Waals surface area contributed by atoms with Crippen molar-refractivity contribution in [2.24, 2.45) is 0 Å². The molecule has 2 amide bonds. The second-order valence-corrected chi connectivity index (χ2v) is 9.68. The Balaban J connectivity index is 1.36. The first kappa shape index (κ1) is 26.0. The quantitative estimate of drug-likeness (QED) is 0.185. The molecule has 1 aliphatic rings. The monoisotopic (exact) mass is 542 g/mol. The molecule has 5 rings (SSSR count). The number of amides is 2. The summed E-state index contributed by atoms with van der Waals surface area (Å²) in [4.78, 5) is 33.2. The fourth-order valence-corrected chi connectivity index (χ4v) is 4.24. The predicted octanol–water partition coefficient (Wildman–Crippen LogP) is 5.55. The molecule has 0 radical (unpaired) electrons. The van der Waals surface area contributed by atoms with E-state index < -0.39 is 0 Å². The largest absolute Gasteiger partial charge is 0.506 e. The van der Waals surface area contributed by atoms with Gasteiger partial charge >= 0.3 is 0 Å². The topological polar surface area (TPSA) is 128 Å². The van der Waals surface area contributed by atoms with Crippen LogP contribution in [0.25, 0.3) is 11.1 Å². The summed E-state index contributed by atoms with van der Waals surface area (Å²) in [5.74, 6) is 0.195. The van der Waals surface area contributed by atoms with E-state index in [2.05, 4.69) is 31.2 Å². The van der Waals surface area contributed by atoms with E-state index in [4.69, 9.17) is 11.6 Å². The maximum Gasteiger partial charge on any atom is 0.253 e. The van der Waals surface area contributed by atoms with Crippen LogP contribution in [0.2, 0.25) is 5.02 Å². The third kappa shape index (κ3) is 5.94. The third-order valence-corrected chi connectivity index (χ3v) is 6.63. The average Bonchev–Trinajstić information content (AvgIpc) is 3.76. The van der Waals surface area contributed by atoms with Crippen LogP contribution in [-0.4, -0.2) is 40.0 Å². The van der Waals surface area contributed by atoms with E-state index in [0.29, 0.717) is 28.3 Å². The smallest absolute Gasteiger partial charge is 0.253 e. The number of hydrogen-bond acceptors (Lipinski definition) is 7. The molecule has 0 atom stereocenters. The lowest BCUT2D eigenvalue weighted by molar-refractivity contribution is 0.0947. The SMILES string of the molecule is CNC(=O)c1ccc(-c2cc(O)c(Nc3ncc(Cl)c(Nc4ccccc4C(=O)NC4CC4)n3)cc2C)cc1. The van der Waals surface area contributed by atoms with Gasteiger partial charge < -0.3 is 26.4 Å². The zero-order chi connectivity index (χ0) is 27.5. The van der Waals surface area contributed by atoms with Crippen molar-refractivity contribution in [2.75, 3.05) is 17.7 Å². The lowest BCUT2D eigenvalue weighted by Crippen LogP contribution is -2.26. The number of benzene rings is 3. The van der Waals surface area contributed by atoms with Crippen molar-refractivity contribution >= 4 is 46.6 Å². The highest BCUT2D eigenvalue weighted by molar-refractivity contribution is 6.33. The lowest BCUT2D eigenvalue weighted by atomic mass is 9.98. The number of phenols is 1. The van der Waals surface area contributed by atoms with E-state index in [1.165, 1.54) is 6.20 Å². The first-order valence-electron chi connectivity index (χ1n) is 12.4. The van der Waals surface area contributed by atoms with Gasteiger partial charge in [-0.3, -0.25) is 9.59 Å². The number of carbonyl (C=O) groups is 2. The van der Waals surface area contributed by atoms with E-state index in [9.17, 15) is 14.7 Å². The minimum Gasteiger partial charge on any atom is -0.506 e. The highest BCUT2D eigenvalue weighted by Crippen LogP contribution is 2.35. The number of rotatable bonds is 8. The number of aromatic hydroxyl groups is 1. The molecule has 0 saturated heterocycles. The fraction of sp³-hybridized carbons (Fsp3) is 0.172. The molecule has 3 aromatic carbocycles. The van der Waals surface area contributed by atoms with Crippen LogP contribution in [0.1, 0.15) is 39.1 Å². The van der Waals surface area contributed by atoms with Gasteiger partial charge in [0.2, 0.25) is 5.95 Å². The highest BCUT2D eigenvalue weighted by atomic mass is 35.5. The van der Waals surface area contributed by atoms with Gasteiger partial charge in [0.15, 0.2) is 5.82 Å². The number of hydrogen-bond donors (Lipinski definition) is 5. The molecule has 39 heavy (non-hydrogen) atoms. The van der Waals surface area contributed by atoms with Gasteiger partial charge in [-0.1, -0.05) is 35.9 Å². The Labute approximate surface area is 230 Å². The first-order chi connectivity index (χ1) is 18.8. The van der Waals surface area contributed by atoms with Crippen molar-refractivity contribution in [3.8, 4) is 16.9 Å². The molecule has 1 fully saturated rings. The minimum absolute atomic E-state index is 0.00105. The van der Waals surface area contributed by atoms with Crippen molar-refractivity contribution in [2.45, 2.75) is 25.8 Å². The molecule has 0 spiro atoms. The molecule has 10 heteroatoms. The Morgan fingerprint density at radius 2 is 1.72 bits per heavy atom. The molecule has 1 saturated carbocycles. The molecule has 1 aromatic heterocycles. The van der Waals surface area contributed by atoms with Crippen LogP contribution in [-0.2, 0) is 0 Å². The van der Waals surface area contributed by atoms with Crippen LogP contribution in [0.4, 0.5) is 23.1 Å². The van der Waals surface area contributed by atoms with Gasteiger partial charge in [-0.25, -0.2) is 4.98 Å². The maximum absolute atomic E-state index is 12.7. The van der Waals surface area contributed by atoms with Gasteiger partial charge in [0, 0.05) is 18.7 Å². The Morgan fingerprint density at radius 1 is 0.974 bits per heavy atom. The lowest BCUT2D eigenvalue weighted by Gasteiger charge is -2.15. The van der Waals surface area contributed by atoms with Crippen molar-refractivity contribution in [3.63, 3.8) is 0 Å². The van der Waals surface area contributed by atoms with Crippen molar-refractivity contribution < 1.29 is 14.7 Å². The number of para-hydroxylation sites is 1. The summed E-state index contributed by atoms with van der Waals surface area (Å²) >= 11 is 6.37. The van der Waals surface area contributed by atoms with E-state index >= 15 is 0 Å². The first-order valence-corrected chi connectivity index (χ1v) is 12.8. The second-order valence-electron chi connectivity index (χ2n) is 9.27. The van der Waals surface area contributed by atoms with Crippen molar-refractivity contribution in [1.82, 2.24) is 20.6 Å². The van der Waals surface area contributed by atoms with Crippen LogP contribution in [0, 0.1) is 6.92 Å². The average molecular weight is 543 g/mol. The molecule has 1 heterocycles. The predicted molar refractivity (Wildman–Crippen MR) is 152 cm³/mol. The fourth-order valence-electron chi connectivity index (χ4n) is 4.10. The molecule has 9 nitrogen and oxygen atoms in total. The summed E-state index contributed by atoms with van der Waals surface area (Å²) in [5, 5.41) is 22.8. The van der Waals surface area contributed by atoms with Crippen LogP contribution in [0.15, 0.2) is 66.9 Å². The van der Waals surface area contributed by atoms with Gasteiger partial charge in [-0.05, 0) is 72.9 Å². The summed E-state index contributed by atoms with van der Waals surface area (Å²) in [6.45, 7) is 1.92. The summed E-state index contributed by atoms with van der Waals surface area (Å²) < 4.78 is 0. The number of phenolic OH excluding ortho intramolecular Hbond substituents is 1. The second kappa shape index (κ2) is 11.0. The Hall–Kier alpha value is -4.63. The summed E-state index contributed by atoms with van der Waals surface area (Å²) in [5.41, 5.74) is 4.59. The zero-order valence-electron chi connectivity index (χ0n) is 21.4. The normalized spacial score (nSPS) is 12.5. The summed E-state index contributed by atoms with van der Waals surface area (Å²) in [6.07, 6.45) is 3.43. The van der Waals surface area contributed by atoms with E-state index in [0.717, 1.165) is 29.5 Å². The summed E-state index contributed by atoms with van der Waals surface area (Å²) in [7, 11) is 1.58. The van der Waals surface area contributed by atoms with Gasteiger partial charge in [0.25, 0.3) is 11.8 Å². The number of carbonyl (C=O) groups excluding carboxylic acids is 2. The zero-order valence-corrected chi connectivity index (χ0v) is 22.1. The molecule has 0 aliphatic heterocycles. The maximum atomic E-state index is 12.7. The number of nitrogens with zero attached hydrogens (tertiary/aromatic N) is 2. The third-order valence-electron chi connectivity index (χ3n) is 6.36. The number of aromatic nitrogens is 2. The van der Waals surface area contributed by atoms with Crippen LogP contribution in [0.5, 0.6) is 5.75 Å². The van der Waals surface area contributed by atoms with E-state index in [-0.39, 0.29) is 34.6 Å². The molecule has 0 unspecified atom stereocenters. The van der Waals surface area contributed by atoms with Crippen LogP contribution < -0.4 is 21.3 Å². The number of aryl methyl sites for hydroxylation is 1. The van der Waals surface area contributed by atoms with Gasteiger partial charge in [-0.2, -0.15) is 4.98 Å². The molecule has 198 valence electrons. The molecule has 0 bridgehead atoms. The minimum atomic E-state index is -0.164. The van der Waals surface area contributed by atoms with E-state index in [1.54, 1.807) is 49.5 Å². The molecule has 5 N–H and O–H groups in total. The Morgan fingerprint density at radius 3 is 2.44 bits per heavy atom. The Bertz CT molecular complexity index is 1550. The van der Waals surface area contributed by atoms with Crippen LogP contribution in [0.3, 0.4) is 0 Å². The van der Waals surface area contributed by atoms with Crippen molar-refractivity contribution in [1.29, 1.82) is 0 Å². The Kier molecular flexibility index (Phi) is 7.33. The molecular weight excluding hydrogens is 516 g/mol. The van der Waals surface area contributed by atoms with Gasteiger partial charge in [0.1, 0.15) is 10.8 Å². The molecule has 4 aromatic rings. The number of nitrogens with one attached hydrogen (secondary N) is 4. The molecular formula is C29H27ClN6O3. The highest BCUT2D eigenvalue weighted by Gasteiger charge is 2.25. The van der Waals surface area contributed by atoms with Crippen molar-refractivity contribution in [3.05, 3.63) is 88.6 Å². The van der Waals surface area contributed by atoms with Crippen LogP contribution >= 0.6 is 11.6 Å². The molecule has 1 aliphatic carbocycles.